The van der Waals surface area contributed by atoms with Gasteiger partial charge in [0.2, 0.25) is 0 Å². The molecule has 1 N–H and O–H groups in total. The first-order chi connectivity index (χ1) is 15.2. The van der Waals surface area contributed by atoms with Crippen LogP contribution in [0, 0.1) is 23.7 Å². The number of carboxylic acid groups (broad SMARTS) is 1. The van der Waals surface area contributed by atoms with Gasteiger partial charge in [-0.1, -0.05) is 62.8 Å². The maximum Gasteiger partial charge on any atom is 0.303 e. The van der Waals surface area contributed by atoms with Crippen molar-refractivity contribution in [2.45, 2.75) is 97.4 Å². The van der Waals surface area contributed by atoms with Crippen LogP contribution in [0.15, 0.2) is 42.5 Å². The third kappa shape index (κ3) is 10.0. The zero-order valence-corrected chi connectivity index (χ0v) is 22.1. The molecule has 0 saturated heterocycles. The molecule has 32 heavy (non-hydrogen) atoms. The number of unbranched alkanes of at least 4 members (excludes halogenated alkanes) is 1. The molecule has 2 rings (SSSR count). The molecular formula is C28H46O3Si. The van der Waals surface area contributed by atoms with Gasteiger partial charge in [-0.25, -0.2) is 0 Å². The van der Waals surface area contributed by atoms with Crippen LogP contribution in [0.4, 0.5) is 0 Å². The summed E-state index contributed by atoms with van der Waals surface area (Å²) in [6.07, 6.45) is 14.0. The quantitative estimate of drug-likeness (QED) is 0.176. The molecule has 3 nitrogen and oxygen atoms in total. The Labute approximate surface area is 197 Å². The van der Waals surface area contributed by atoms with E-state index in [-0.39, 0.29) is 6.42 Å². The fourth-order valence-electron chi connectivity index (χ4n) is 5.23. The van der Waals surface area contributed by atoms with Gasteiger partial charge in [-0.3, -0.25) is 4.79 Å². The molecule has 0 radical (unpaired) electrons. The number of aliphatic carboxylic acids is 1. The van der Waals surface area contributed by atoms with E-state index >= 15 is 0 Å². The zero-order valence-electron chi connectivity index (χ0n) is 21.1. The highest BCUT2D eigenvalue weighted by Crippen LogP contribution is 2.45. The molecule has 1 saturated carbocycles. The van der Waals surface area contributed by atoms with Gasteiger partial charge < -0.3 is 9.53 Å². The predicted molar refractivity (Wildman–Crippen MR) is 137 cm³/mol. The average Bonchev–Trinajstić information content (AvgIpc) is 3.00. The van der Waals surface area contributed by atoms with Crippen molar-refractivity contribution in [3.8, 4) is 0 Å². The molecule has 0 unspecified atom stereocenters. The van der Waals surface area contributed by atoms with E-state index in [0.717, 1.165) is 25.2 Å². The highest BCUT2D eigenvalue weighted by Gasteiger charge is 2.42. The second-order valence-electron chi connectivity index (χ2n) is 11.0. The van der Waals surface area contributed by atoms with E-state index in [0.29, 0.717) is 23.9 Å². The Kier molecular flexibility index (Phi) is 11.2. The van der Waals surface area contributed by atoms with Crippen LogP contribution in [-0.4, -0.2) is 25.5 Å². The van der Waals surface area contributed by atoms with Crippen molar-refractivity contribution >= 4 is 14.3 Å². The Morgan fingerprint density at radius 2 is 1.88 bits per heavy atom. The van der Waals surface area contributed by atoms with Gasteiger partial charge in [0.15, 0.2) is 8.32 Å². The summed E-state index contributed by atoms with van der Waals surface area (Å²) >= 11 is 0. The molecule has 0 heterocycles. The zero-order chi connectivity index (χ0) is 23.6. The molecule has 5 atom stereocenters. The van der Waals surface area contributed by atoms with E-state index in [2.05, 4.69) is 76.0 Å². The number of aryl methyl sites for hydroxylation is 1. The van der Waals surface area contributed by atoms with E-state index in [1.54, 1.807) is 0 Å². The van der Waals surface area contributed by atoms with E-state index in [1.807, 2.05) is 0 Å². The number of hydrogen-bond donors (Lipinski definition) is 1. The van der Waals surface area contributed by atoms with Crippen LogP contribution in [0.1, 0.15) is 70.8 Å². The van der Waals surface area contributed by atoms with E-state index in [1.165, 1.54) is 37.7 Å². The lowest BCUT2D eigenvalue weighted by Gasteiger charge is -2.31. The Morgan fingerprint density at radius 3 is 2.53 bits per heavy atom. The van der Waals surface area contributed by atoms with Gasteiger partial charge in [-0.2, -0.15) is 0 Å². The maximum absolute atomic E-state index is 10.7. The minimum absolute atomic E-state index is 0.264. The van der Waals surface area contributed by atoms with Crippen molar-refractivity contribution in [2.75, 3.05) is 0 Å². The number of benzene rings is 1. The van der Waals surface area contributed by atoms with Crippen LogP contribution >= 0.6 is 0 Å². The summed E-state index contributed by atoms with van der Waals surface area (Å²) in [5.74, 6) is 2.03. The normalized spacial score (nSPS) is 24.8. The monoisotopic (exact) mass is 458 g/mol. The second kappa shape index (κ2) is 13.3. The van der Waals surface area contributed by atoms with Gasteiger partial charge in [0.1, 0.15) is 0 Å². The highest BCUT2D eigenvalue weighted by atomic mass is 28.4. The Morgan fingerprint density at radius 1 is 1.16 bits per heavy atom. The topological polar surface area (TPSA) is 46.5 Å². The first kappa shape index (κ1) is 26.9. The van der Waals surface area contributed by atoms with Crippen LogP contribution in [0.2, 0.25) is 19.6 Å². The van der Waals surface area contributed by atoms with Crippen LogP contribution < -0.4 is 0 Å². The van der Waals surface area contributed by atoms with Gasteiger partial charge in [0, 0.05) is 12.5 Å². The first-order valence-electron chi connectivity index (χ1n) is 12.7. The summed E-state index contributed by atoms with van der Waals surface area (Å²) in [7, 11) is -1.57. The Bertz CT molecular complexity index is 694. The molecule has 1 aromatic carbocycles. The SMILES string of the molecule is C[C@@H](CCc1ccccc1)CC[C@@H]1[C@@H](C/C=C\CCCC(=O)O)[C@@H](C)C[C@H]1O[Si](C)(C)C. The molecule has 1 aliphatic rings. The highest BCUT2D eigenvalue weighted by molar-refractivity contribution is 6.69. The third-order valence-electron chi connectivity index (χ3n) is 6.97. The van der Waals surface area contributed by atoms with Crippen molar-refractivity contribution in [1.29, 1.82) is 0 Å². The summed E-state index contributed by atoms with van der Waals surface area (Å²) < 4.78 is 6.69. The molecule has 0 aromatic heterocycles. The van der Waals surface area contributed by atoms with Gasteiger partial charge >= 0.3 is 5.97 Å². The van der Waals surface area contributed by atoms with Gasteiger partial charge in [0.05, 0.1) is 0 Å². The lowest BCUT2D eigenvalue weighted by Crippen LogP contribution is -2.35. The molecule has 0 amide bonds. The lowest BCUT2D eigenvalue weighted by molar-refractivity contribution is -0.137. The molecule has 4 heteroatoms. The van der Waals surface area contributed by atoms with E-state index < -0.39 is 14.3 Å². The van der Waals surface area contributed by atoms with Crippen LogP contribution in [0.3, 0.4) is 0 Å². The van der Waals surface area contributed by atoms with E-state index in [4.69, 9.17) is 9.53 Å². The number of carboxylic acids is 1. The van der Waals surface area contributed by atoms with Crippen molar-refractivity contribution < 1.29 is 14.3 Å². The standard InChI is InChI=1S/C28H46O3Si/c1-22(17-19-24-13-9-8-10-14-24)18-20-26-25(15-11-6-7-12-16-28(29)30)23(2)21-27(26)31-32(3,4)5/h6,8-11,13-14,22-23,25-27H,7,12,15-21H2,1-5H3,(H,29,30)/b11-6-/t22-,23-,25-,26+,27+/m0/s1. The van der Waals surface area contributed by atoms with Gasteiger partial charge in [-0.15, -0.1) is 0 Å². The maximum atomic E-state index is 10.7. The summed E-state index contributed by atoms with van der Waals surface area (Å²) in [6.45, 7) is 11.8. The molecule has 1 aromatic rings. The molecular weight excluding hydrogens is 412 g/mol. The molecule has 1 aliphatic carbocycles. The average molecular weight is 459 g/mol. The molecule has 0 aliphatic heterocycles. The van der Waals surface area contributed by atoms with Crippen molar-refractivity contribution in [1.82, 2.24) is 0 Å². The minimum Gasteiger partial charge on any atom is -0.481 e. The summed E-state index contributed by atoms with van der Waals surface area (Å²) in [5.41, 5.74) is 1.44. The Balaban J connectivity index is 1.91. The molecule has 0 bridgehead atoms. The number of hydrogen-bond acceptors (Lipinski definition) is 2. The molecule has 180 valence electrons. The van der Waals surface area contributed by atoms with Crippen LogP contribution in [-0.2, 0) is 15.6 Å². The Hall–Kier alpha value is -1.39. The van der Waals surface area contributed by atoms with Crippen molar-refractivity contribution in [2.24, 2.45) is 23.7 Å². The van der Waals surface area contributed by atoms with Crippen LogP contribution in [0.5, 0.6) is 0 Å². The van der Waals surface area contributed by atoms with Crippen molar-refractivity contribution in [3.63, 3.8) is 0 Å². The summed E-state index contributed by atoms with van der Waals surface area (Å²) in [4.78, 5) is 10.7. The summed E-state index contributed by atoms with van der Waals surface area (Å²) in [5, 5.41) is 8.81. The third-order valence-corrected chi connectivity index (χ3v) is 7.98. The van der Waals surface area contributed by atoms with Crippen LogP contribution in [0.25, 0.3) is 0 Å². The number of carbonyl (C=O) groups is 1. The fraction of sp³-hybridized carbons (Fsp3) is 0.679. The fourth-order valence-corrected chi connectivity index (χ4v) is 6.41. The van der Waals surface area contributed by atoms with Crippen molar-refractivity contribution in [3.05, 3.63) is 48.0 Å². The minimum atomic E-state index is -1.57. The second-order valence-corrected chi connectivity index (χ2v) is 15.5. The van der Waals surface area contributed by atoms with Gasteiger partial charge in [0.25, 0.3) is 0 Å². The van der Waals surface area contributed by atoms with E-state index in [9.17, 15) is 4.79 Å². The number of rotatable bonds is 14. The number of allylic oxidation sites excluding steroid dienone is 2. The predicted octanol–water partition coefficient (Wildman–Crippen LogP) is 7.73. The lowest BCUT2D eigenvalue weighted by atomic mass is 9.82. The first-order valence-corrected chi connectivity index (χ1v) is 16.1. The van der Waals surface area contributed by atoms with Gasteiger partial charge in [-0.05, 0) is 93.8 Å². The largest absolute Gasteiger partial charge is 0.481 e. The molecule has 1 fully saturated rings. The summed E-state index contributed by atoms with van der Waals surface area (Å²) in [6, 6.07) is 10.8. The molecule has 0 spiro atoms. The smallest absolute Gasteiger partial charge is 0.303 e.